The highest BCUT2D eigenvalue weighted by atomic mass is 79.9. The molecule has 0 amide bonds. The molecular formula is C19H24BrN2O-. The molecule has 1 aliphatic carbocycles. The van der Waals surface area contributed by atoms with Gasteiger partial charge in [-0.05, 0) is 49.8 Å². The summed E-state index contributed by atoms with van der Waals surface area (Å²) >= 11 is 3.68. The lowest BCUT2D eigenvalue weighted by Crippen LogP contribution is -2.36. The molecule has 0 N–H and O–H groups in total. The van der Waals surface area contributed by atoms with Crippen molar-refractivity contribution in [2.75, 3.05) is 18.0 Å². The molecule has 124 valence electrons. The van der Waals surface area contributed by atoms with Crippen LogP contribution in [-0.2, 0) is 6.42 Å². The highest BCUT2D eigenvalue weighted by molar-refractivity contribution is 9.09. The number of alkyl halides is 1. The second-order valence-corrected chi connectivity index (χ2v) is 7.65. The van der Waals surface area contributed by atoms with Crippen molar-refractivity contribution >= 4 is 21.6 Å². The topological polar surface area (TPSA) is 29.5 Å². The van der Waals surface area contributed by atoms with Gasteiger partial charge < -0.3 is 15.2 Å². The van der Waals surface area contributed by atoms with E-state index in [1.54, 1.807) is 0 Å². The second kappa shape index (κ2) is 7.10. The first-order valence-corrected chi connectivity index (χ1v) is 9.38. The molecule has 1 heterocycles. The van der Waals surface area contributed by atoms with Crippen LogP contribution in [0.5, 0.6) is 0 Å². The van der Waals surface area contributed by atoms with E-state index in [4.69, 9.17) is 0 Å². The van der Waals surface area contributed by atoms with Crippen LogP contribution in [-0.4, -0.2) is 23.0 Å². The number of anilines is 1. The molecule has 0 radical (unpaired) electrons. The smallest absolute Gasteiger partial charge is 0.0597 e. The molecule has 2 atom stereocenters. The number of benzene rings is 1. The number of allylic oxidation sites excluding steroid dienone is 2. The number of rotatable bonds is 3. The molecule has 4 heteroatoms. The zero-order valence-corrected chi connectivity index (χ0v) is 15.4. The number of halogens is 1. The number of nitrogens with zero attached hydrogens (tertiary/aromatic N) is 2. The predicted molar refractivity (Wildman–Crippen MR) is 101 cm³/mol. The molecule has 1 aliphatic heterocycles. The first-order valence-electron chi connectivity index (χ1n) is 8.46. The van der Waals surface area contributed by atoms with Crippen LogP contribution in [0.1, 0.15) is 32.3 Å². The van der Waals surface area contributed by atoms with Crippen LogP contribution >= 0.6 is 15.9 Å². The number of para-hydroxylation sites is 1. The maximum Gasteiger partial charge on any atom is 0.0597 e. The largest absolute Gasteiger partial charge is 0.758 e. The lowest BCUT2D eigenvalue weighted by Gasteiger charge is -2.41. The molecule has 3 nitrogen and oxygen atoms in total. The number of likely N-dealkylation sites (N-methyl/N-ethyl adjacent to an activating group) is 1. The number of hydroxylamine groups is 2. The van der Waals surface area contributed by atoms with Gasteiger partial charge in [0, 0.05) is 29.3 Å². The van der Waals surface area contributed by atoms with Crippen LogP contribution in [0.3, 0.4) is 0 Å². The molecule has 2 aliphatic rings. The third-order valence-corrected chi connectivity index (χ3v) is 5.30. The Morgan fingerprint density at radius 3 is 2.91 bits per heavy atom. The normalized spacial score (nSPS) is 24.4. The third-order valence-electron chi connectivity index (χ3n) is 4.57. The average molecular weight is 376 g/mol. The number of hydrogen-bond acceptors (Lipinski definition) is 3. The van der Waals surface area contributed by atoms with Crippen molar-refractivity contribution in [1.82, 2.24) is 5.06 Å². The third kappa shape index (κ3) is 3.48. The lowest BCUT2D eigenvalue weighted by atomic mass is 9.93. The van der Waals surface area contributed by atoms with Gasteiger partial charge in [0.05, 0.1) is 5.70 Å². The minimum Gasteiger partial charge on any atom is -0.758 e. The van der Waals surface area contributed by atoms with Gasteiger partial charge >= 0.3 is 0 Å². The van der Waals surface area contributed by atoms with E-state index in [0.717, 1.165) is 42.3 Å². The summed E-state index contributed by atoms with van der Waals surface area (Å²) < 4.78 is 0. The highest BCUT2D eigenvalue weighted by Crippen LogP contribution is 2.36. The predicted octanol–water partition coefficient (Wildman–Crippen LogP) is 4.83. The highest BCUT2D eigenvalue weighted by Gasteiger charge is 2.27. The van der Waals surface area contributed by atoms with Crippen LogP contribution in [0.2, 0.25) is 0 Å². The van der Waals surface area contributed by atoms with Gasteiger partial charge in [-0.1, -0.05) is 47.1 Å². The fourth-order valence-corrected chi connectivity index (χ4v) is 3.99. The maximum atomic E-state index is 12.5. The molecule has 1 aromatic rings. The Morgan fingerprint density at radius 1 is 1.35 bits per heavy atom. The Balaban J connectivity index is 2.04. The van der Waals surface area contributed by atoms with E-state index in [1.165, 1.54) is 11.3 Å². The summed E-state index contributed by atoms with van der Waals surface area (Å²) in [6.07, 6.45) is 7.43. The van der Waals surface area contributed by atoms with Gasteiger partial charge in [-0.15, -0.1) is 0 Å². The molecule has 1 aromatic carbocycles. The first-order chi connectivity index (χ1) is 11.1. The summed E-state index contributed by atoms with van der Waals surface area (Å²) in [7, 11) is 0. The van der Waals surface area contributed by atoms with Crippen molar-refractivity contribution in [2.24, 2.45) is 5.92 Å². The lowest BCUT2D eigenvalue weighted by molar-refractivity contribution is 0.486. The second-order valence-electron chi connectivity index (χ2n) is 6.48. The minimum absolute atomic E-state index is 0.256. The van der Waals surface area contributed by atoms with Crippen LogP contribution in [0.4, 0.5) is 5.69 Å². The molecule has 0 aromatic heterocycles. The van der Waals surface area contributed by atoms with Crippen molar-refractivity contribution < 1.29 is 0 Å². The van der Waals surface area contributed by atoms with Crippen molar-refractivity contribution in [3.8, 4) is 0 Å². The number of hydrogen-bond donors (Lipinski definition) is 0. The molecule has 1 unspecified atom stereocenters. The summed E-state index contributed by atoms with van der Waals surface area (Å²) in [5.41, 5.74) is 4.50. The SMILES string of the molecule is CCN([O-])C1=CC(Br)CCC=C1N1C[C@H](C)Cc2ccccc21. The van der Waals surface area contributed by atoms with E-state index < -0.39 is 0 Å². The van der Waals surface area contributed by atoms with Crippen molar-refractivity contribution in [2.45, 2.75) is 37.9 Å². The van der Waals surface area contributed by atoms with Gasteiger partial charge in [-0.3, -0.25) is 0 Å². The van der Waals surface area contributed by atoms with Crippen LogP contribution in [0.25, 0.3) is 0 Å². The molecule has 3 rings (SSSR count). The van der Waals surface area contributed by atoms with E-state index in [0.29, 0.717) is 12.5 Å². The minimum atomic E-state index is 0.256. The first kappa shape index (κ1) is 16.6. The standard InChI is InChI=1S/C19H24BrN2O/c1-3-22(23)19-12-16(20)8-6-10-18(19)21-13-14(2)11-15-7-4-5-9-17(15)21/h4-5,7,9-10,12,14,16H,3,6,8,11,13H2,1-2H3/q-1/t14-,16?/m1/s1. The molecule has 23 heavy (non-hydrogen) atoms. The molecule has 0 spiro atoms. The summed E-state index contributed by atoms with van der Waals surface area (Å²) in [6, 6.07) is 8.58. The Hall–Kier alpha value is -1.26. The Labute approximate surface area is 147 Å². The van der Waals surface area contributed by atoms with Crippen LogP contribution in [0, 0.1) is 11.1 Å². The Kier molecular flexibility index (Phi) is 5.12. The van der Waals surface area contributed by atoms with E-state index in [-0.39, 0.29) is 4.83 Å². The molecule has 0 bridgehead atoms. The van der Waals surface area contributed by atoms with E-state index in [1.807, 2.05) is 6.92 Å². The van der Waals surface area contributed by atoms with Crippen LogP contribution in [0.15, 0.2) is 47.8 Å². The quantitative estimate of drug-likeness (QED) is 0.559. The van der Waals surface area contributed by atoms with E-state index in [2.05, 4.69) is 64.2 Å². The van der Waals surface area contributed by atoms with Gasteiger partial charge in [-0.2, -0.15) is 0 Å². The van der Waals surface area contributed by atoms with Crippen molar-refractivity contribution in [3.05, 3.63) is 58.6 Å². The summed E-state index contributed by atoms with van der Waals surface area (Å²) in [5, 5.41) is 13.6. The molecular weight excluding hydrogens is 352 g/mol. The Morgan fingerprint density at radius 2 is 2.13 bits per heavy atom. The van der Waals surface area contributed by atoms with Crippen molar-refractivity contribution in [1.29, 1.82) is 0 Å². The molecule has 0 fully saturated rings. The van der Waals surface area contributed by atoms with E-state index in [9.17, 15) is 5.21 Å². The zero-order valence-electron chi connectivity index (χ0n) is 13.8. The monoisotopic (exact) mass is 375 g/mol. The van der Waals surface area contributed by atoms with Gasteiger partial charge in [-0.25, -0.2) is 0 Å². The van der Waals surface area contributed by atoms with Gasteiger partial charge in [0.25, 0.3) is 0 Å². The van der Waals surface area contributed by atoms with Crippen LogP contribution < -0.4 is 4.90 Å². The Bertz CT molecular complexity index is 626. The summed E-state index contributed by atoms with van der Waals surface area (Å²) in [5.74, 6) is 0.580. The van der Waals surface area contributed by atoms with Gasteiger partial charge in [0.2, 0.25) is 0 Å². The maximum absolute atomic E-state index is 12.5. The molecule has 0 saturated heterocycles. The van der Waals surface area contributed by atoms with Gasteiger partial charge in [0.1, 0.15) is 0 Å². The average Bonchev–Trinajstić information content (AvgIpc) is 2.74. The van der Waals surface area contributed by atoms with E-state index >= 15 is 0 Å². The summed E-state index contributed by atoms with van der Waals surface area (Å²) in [6.45, 7) is 5.62. The van der Waals surface area contributed by atoms with Crippen molar-refractivity contribution in [3.63, 3.8) is 0 Å². The fourth-order valence-electron chi connectivity index (χ4n) is 3.48. The van der Waals surface area contributed by atoms with Gasteiger partial charge in [0.15, 0.2) is 0 Å². The number of fused-ring (bicyclic) bond motifs is 1. The zero-order chi connectivity index (χ0) is 16.4. The summed E-state index contributed by atoms with van der Waals surface area (Å²) in [4.78, 5) is 2.60. The molecule has 0 saturated carbocycles. The fraction of sp³-hybridized carbons (Fsp3) is 0.474.